The van der Waals surface area contributed by atoms with Crippen LogP contribution in [-0.4, -0.2) is 19.8 Å². The molecule has 0 aliphatic carbocycles. The van der Waals surface area contributed by atoms with E-state index in [-0.39, 0.29) is 11.5 Å². The SMILES string of the molecule is C/C=C\n1cc(-c2ccccc2O)nc1-c1ccccc1O. The van der Waals surface area contributed by atoms with Crippen molar-refractivity contribution in [2.75, 3.05) is 0 Å². The van der Waals surface area contributed by atoms with Gasteiger partial charge in [0.2, 0.25) is 0 Å². The van der Waals surface area contributed by atoms with E-state index >= 15 is 0 Å². The van der Waals surface area contributed by atoms with Crippen LogP contribution in [0.1, 0.15) is 6.92 Å². The van der Waals surface area contributed by atoms with Crippen LogP contribution in [0.25, 0.3) is 28.8 Å². The van der Waals surface area contributed by atoms with Crippen molar-refractivity contribution in [2.45, 2.75) is 6.92 Å². The Kier molecular flexibility index (Phi) is 3.66. The third kappa shape index (κ3) is 2.46. The van der Waals surface area contributed by atoms with Crippen molar-refractivity contribution in [3.8, 4) is 34.1 Å². The molecule has 0 unspecified atom stereocenters. The molecule has 0 atom stereocenters. The van der Waals surface area contributed by atoms with Crippen LogP contribution in [0.3, 0.4) is 0 Å². The summed E-state index contributed by atoms with van der Waals surface area (Å²) in [7, 11) is 0. The quantitative estimate of drug-likeness (QED) is 0.763. The molecule has 0 bridgehead atoms. The van der Waals surface area contributed by atoms with Gasteiger partial charge in [0.1, 0.15) is 17.3 Å². The van der Waals surface area contributed by atoms with Crippen molar-refractivity contribution in [1.82, 2.24) is 9.55 Å². The number of rotatable bonds is 3. The van der Waals surface area contributed by atoms with Gasteiger partial charge in [-0.1, -0.05) is 30.3 Å². The van der Waals surface area contributed by atoms with Crippen LogP contribution >= 0.6 is 0 Å². The molecule has 0 fully saturated rings. The number of phenols is 2. The second-order valence-electron chi connectivity index (χ2n) is 4.87. The van der Waals surface area contributed by atoms with E-state index < -0.39 is 0 Å². The molecule has 2 N–H and O–H groups in total. The second-order valence-corrected chi connectivity index (χ2v) is 4.87. The molecule has 0 saturated carbocycles. The Labute approximate surface area is 128 Å². The van der Waals surface area contributed by atoms with Gasteiger partial charge in [-0.15, -0.1) is 0 Å². The lowest BCUT2D eigenvalue weighted by Crippen LogP contribution is -1.90. The molecule has 0 amide bonds. The number of hydrogen-bond donors (Lipinski definition) is 2. The summed E-state index contributed by atoms with van der Waals surface area (Å²) in [6.07, 6.45) is 5.58. The fourth-order valence-corrected chi connectivity index (χ4v) is 2.35. The molecule has 1 aromatic heterocycles. The number of para-hydroxylation sites is 2. The van der Waals surface area contributed by atoms with Crippen molar-refractivity contribution in [3.63, 3.8) is 0 Å². The monoisotopic (exact) mass is 292 g/mol. The molecular formula is C18H16N2O2. The Bertz CT molecular complexity index is 835. The average Bonchev–Trinajstić information content (AvgIpc) is 2.92. The standard InChI is InChI=1S/C18H16N2O2/c1-2-11-20-12-15(13-7-3-5-9-16(13)21)19-18(20)14-8-4-6-10-17(14)22/h2-12,21-22H,1H3/b11-2-. The number of allylic oxidation sites excluding steroid dienone is 1. The molecule has 1 heterocycles. The molecule has 0 saturated heterocycles. The summed E-state index contributed by atoms with van der Waals surface area (Å²) in [5.74, 6) is 0.966. The molecule has 3 rings (SSSR count). The minimum atomic E-state index is 0.169. The van der Waals surface area contributed by atoms with E-state index in [1.807, 2.05) is 54.2 Å². The van der Waals surface area contributed by atoms with Gasteiger partial charge in [0.05, 0.1) is 11.3 Å². The molecular weight excluding hydrogens is 276 g/mol. The van der Waals surface area contributed by atoms with Gasteiger partial charge in [0.25, 0.3) is 0 Å². The Balaban J connectivity index is 2.19. The smallest absolute Gasteiger partial charge is 0.148 e. The maximum absolute atomic E-state index is 10.1. The van der Waals surface area contributed by atoms with Crippen LogP contribution in [0, 0.1) is 0 Å². The van der Waals surface area contributed by atoms with Crippen LogP contribution in [0.5, 0.6) is 11.5 Å². The number of phenolic OH excluding ortho intramolecular Hbond substituents is 2. The molecule has 0 aliphatic rings. The highest BCUT2D eigenvalue weighted by Crippen LogP contribution is 2.33. The number of aromatic hydroxyl groups is 2. The zero-order chi connectivity index (χ0) is 15.5. The zero-order valence-corrected chi connectivity index (χ0v) is 12.1. The maximum Gasteiger partial charge on any atom is 0.148 e. The van der Waals surface area contributed by atoms with Crippen LogP contribution < -0.4 is 0 Å². The van der Waals surface area contributed by atoms with Crippen molar-refractivity contribution >= 4 is 6.20 Å². The lowest BCUT2D eigenvalue weighted by molar-refractivity contribution is 0.476. The highest BCUT2D eigenvalue weighted by atomic mass is 16.3. The summed E-state index contributed by atoms with van der Waals surface area (Å²) in [5.41, 5.74) is 1.94. The van der Waals surface area contributed by atoms with Crippen LogP contribution in [0.15, 0.2) is 60.8 Å². The first kappa shape index (κ1) is 13.9. The molecule has 0 spiro atoms. The maximum atomic E-state index is 10.1. The summed E-state index contributed by atoms with van der Waals surface area (Å²) in [4.78, 5) is 4.58. The average molecular weight is 292 g/mol. The Hall–Kier alpha value is -3.01. The fraction of sp³-hybridized carbons (Fsp3) is 0.0556. The molecule has 4 heteroatoms. The Morgan fingerprint density at radius 1 is 0.909 bits per heavy atom. The first-order valence-corrected chi connectivity index (χ1v) is 6.99. The van der Waals surface area contributed by atoms with E-state index in [9.17, 15) is 10.2 Å². The molecule has 0 radical (unpaired) electrons. The topological polar surface area (TPSA) is 58.3 Å². The van der Waals surface area contributed by atoms with Crippen LogP contribution in [-0.2, 0) is 0 Å². The van der Waals surface area contributed by atoms with Gasteiger partial charge in [-0.05, 0) is 31.2 Å². The summed E-state index contributed by atoms with van der Waals surface area (Å²) in [6, 6.07) is 14.1. The van der Waals surface area contributed by atoms with Gasteiger partial charge in [0, 0.05) is 18.0 Å². The van der Waals surface area contributed by atoms with Crippen molar-refractivity contribution in [1.29, 1.82) is 0 Å². The Morgan fingerprint density at radius 3 is 2.09 bits per heavy atom. The van der Waals surface area contributed by atoms with Gasteiger partial charge >= 0.3 is 0 Å². The van der Waals surface area contributed by atoms with E-state index in [1.54, 1.807) is 24.3 Å². The van der Waals surface area contributed by atoms with E-state index in [2.05, 4.69) is 4.98 Å². The van der Waals surface area contributed by atoms with E-state index in [0.717, 1.165) is 0 Å². The van der Waals surface area contributed by atoms with E-state index in [1.165, 1.54) is 0 Å². The normalized spacial score (nSPS) is 11.1. The third-order valence-corrected chi connectivity index (χ3v) is 3.37. The van der Waals surface area contributed by atoms with Crippen LogP contribution in [0.4, 0.5) is 0 Å². The molecule has 110 valence electrons. The highest BCUT2D eigenvalue weighted by Gasteiger charge is 2.14. The van der Waals surface area contributed by atoms with E-state index in [4.69, 9.17) is 0 Å². The first-order valence-electron chi connectivity index (χ1n) is 6.99. The first-order chi connectivity index (χ1) is 10.7. The molecule has 2 aromatic carbocycles. The van der Waals surface area contributed by atoms with Gasteiger partial charge < -0.3 is 14.8 Å². The van der Waals surface area contributed by atoms with E-state index in [0.29, 0.717) is 22.6 Å². The van der Waals surface area contributed by atoms with Gasteiger partial charge in [-0.2, -0.15) is 0 Å². The summed E-state index contributed by atoms with van der Waals surface area (Å²) < 4.78 is 1.83. The minimum Gasteiger partial charge on any atom is -0.507 e. The number of imidazole rings is 1. The van der Waals surface area contributed by atoms with Crippen molar-refractivity contribution in [2.24, 2.45) is 0 Å². The number of aromatic nitrogens is 2. The second kappa shape index (κ2) is 5.77. The summed E-state index contributed by atoms with van der Waals surface area (Å²) in [5, 5.41) is 20.1. The highest BCUT2D eigenvalue weighted by molar-refractivity contribution is 5.73. The largest absolute Gasteiger partial charge is 0.507 e. The summed E-state index contributed by atoms with van der Waals surface area (Å²) >= 11 is 0. The number of nitrogens with zero attached hydrogens (tertiary/aromatic N) is 2. The molecule has 3 aromatic rings. The van der Waals surface area contributed by atoms with Gasteiger partial charge in [-0.25, -0.2) is 4.98 Å². The van der Waals surface area contributed by atoms with Crippen molar-refractivity contribution < 1.29 is 10.2 Å². The predicted octanol–water partition coefficient (Wildman–Crippen LogP) is 4.12. The zero-order valence-electron chi connectivity index (χ0n) is 12.1. The number of benzene rings is 2. The molecule has 22 heavy (non-hydrogen) atoms. The molecule has 0 aliphatic heterocycles. The molecule has 4 nitrogen and oxygen atoms in total. The fourth-order valence-electron chi connectivity index (χ4n) is 2.35. The van der Waals surface area contributed by atoms with Crippen molar-refractivity contribution in [3.05, 3.63) is 60.8 Å². The minimum absolute atomic E-state index is 0.169. The lowest BCUT2D eigenvalue weighted by atomic mass is 10.1. The summed E-state index contributed by atoms with van der Waals surface area (Å²) in [6.45, 7) is 1.91. The van der Waals surface area contributed by atoms with Gasteiger partial charge in [-0.3, -0.25) is 0 Å². The van der Waals surface area contributed by atoms with Gasteiger partial charge in [0.15, 0.2) is 0 Å². The predicted molar refractivity (Wildman–Crippen MR) is 87.4 cm³/mol. The Morgan fingerprint density at radius 2 is 1.50 bits per heavy atom. The number of hydrogen-bond acceptors (Lipinski definition) is 3. The van der Waals surface area contributed by atoms with Crippen LogP contribution in [0.2, 0.25) is 0 Å². The lowest BCUT2D eigenvalue weighted by Gasteiger charge is -2.04. The third-order valence-electron chi connectivity index (χ3n) is 3.37.